The van der Waals surface area contributed by atoms with Gasteiger partial charge in [-0.25, -0.2) is 4.79 Å². The molecule has 0 saturated carbocycles. The number of nitrogens with one attached hydrogen (secondary N) is 2. The summed E-state index contributed by atoms with van der Waals surface area (Å²) in [6, 6.07) is 5.09. The van der Waals surface area contributed by atoms with Gasteiger partial charge in [0.15, 0.2) is 5.11 Å². The predicted molar refractivity (Wildman–Crippen MR) is 109 cm³/mol. The smallest absolute Gasteiger partial charge is 0.341 e. The Kier molecular flexibility index (Phi) is 5.84. The topological polar surface area (TPSA) is 50.4 Å². The van der Waals surface area contributed by atoms with Gasteiger partial charge in [0.25, 0.3) is 0 Å². The fourth-order valence-corrected chi connectivity index (χ4v) is 4.96. The summed E-state index contributed by atoms with van der Waals surface area (Å²) >= 11 is 18.9. The Balaban J connectivity index is 1.83. The van der Waals surface area contributed by atoms with Crippen LogP contribution in [0.4, 0.5) is 10.7 Å². The summed E-state index contributed by atoms with van der Waals surface area (Å²) in [4.78, 5) is 13.5. The van der Waals surface area contributed by atoms with E-state index in [-0.39, 0.29) is 5.97 Å². The average molecular weight is 415 g/mol. The molecule has 8 heteroatoms. The Labute approximate surface area is 165 Å². The number of aryl methyl sites for hydroxylation is 1. The Bertz CT molecular complexity index is 816. The molecule has 0 fully saturated rings. The van der Waals surface area contributed by atoms with Gasteiger partial charge in [-0.1, -0.05) is 23.2 Å². The molecule has 1 aromatic carbocycles. The van der Waals surface area contributed by atoms with Gasteiger partial charge in [-0.3, -0.25) is 0 Å². The van der Waals surface area contributed by atoms with Crippen LogP contribution < -0.4 is 10.6 Å². The highest BCUT2D eigenvalue weighted by Gasteiger charge is 2.26. The Morgan fingerprint density at radius 3 is 2.52 bits per heavy atom. The maximum atomic E-state index is 12.2. The standard InChI is InChI=1S/C17H16Cl2N2O2S2/c1-23-16(22)14-12-4-2-3-5-13(12)25-15(14)21-17(24)20-11-7-9(18)6-10(19)8-11/h6-8H,2-5H2,1H3,(H2,20,21,24). The number of hydrogen-bond donors (Lipinski definition) is 2. The predicted octanol–water partition coefficient (Wildman–Crippen LogP) is 5.53. The summed E-state index contributed by atoms with van der Waals surface area (Å²) < 4.78 is 4.96. The Morgan fingerprint density at radius 1 is 1.16 bits per heavy atom. The highest BCUT2D eigenvalue weighted by molar-refractivity contribution is 7.80. The van der Waals surface area contributed by atoms with Crippen LogP contribution in [0, 0.1) is 0 Å². The molecule has 1 aliphatic rings. The van der Waals surface area contributed by atoms with Gasteiger partial charge in [0, 0.05) is 20.6 Å². The molecule has 0 bridgehead atoms. The van der Waals surface area contributed by atoms with E-state index in [0.717, 1.165) is 31.2 Å². The van der Waals surface area contributed by atoms with Crippen molar-refractivity contribution >= 4 is 68.5 Å². The van der Waals surface area contributed by atoms with E-state index in [1.165, 1.54) is 12.0 Å². The number of hydrogen-bond acceptors (Lipinski definition) is 4. The van der Waals surface area contributed by atoms with Gasteiger partial charge in [0.1, 0.15) is 5.00 Å². The molecule has 3 rings (SSSR count). The van der Waals surface area contributed by atoms with E-state index in [2.05, 4.69) is 10.6 Å². The first-order chi connectivity index (χ1) is 12.0. The maximum absolute atomic E-state index is 12.2. The molecule has 0 spiro atoms. The lowest BCUT2D eigenvalue weighted by molar-refractivity contribution is 0.0601. The van der Waals surface area contributed by atoms with E-state index in [0.29, 0.717) is 31.4 Å². The molecule has 0 radical (unpaired) electrons. The number of carbonyl (C=O) groups is 1. The largest absolute Gasteiger partial charge is 0.465 e. The van der Waals surface area contributed by atoms with Gasteiger partial charge in [-0.15, -0.1) is 11.3 Å². The molecular weight excluding hydrogens is 399 g/mol. The SMILES string of the molecule is COC(=O)c1c(NC(=S)Nc2cc(Cl)cc(Cl)c2)sc2c1CCCC2. The minimum atomic E-state index is -0.337. The number of ether oxygens (including phenoxy) is 1. The second-order valence-corrected chi connectivity index (χ2v) is 8.03. The second-order valence-electron chi connectivity index (χ2n) is 5.64. The number of methoxy groups -OCH3 is 1. The Hall–Kier alpha value is -1.34. The zero-order valence-electron chi connectivity index (χ0n) is 13.4. The van der Waals surface area contributed by atoms with Gasteiger partial charge in [-0.2, -0.15) is 0 Å². The van der Waals surface area contributed by atoms with Crippen molar-refractivity contribution < 1.29 is 9.53 Å². The summed E-state index contributed by atoms with van der Waals surface area (Å²) in [6.45, 7) is 0. The van der Waals surface area contributed by atoms with Crippen LogP contribution >= 0.6 is 46.8 Å². The molecule has 25 heavy (non-hydrogen) atoms. The maximum Gasteiger partial charge on any atom is 0.341 e. The minimum Gasteiger partial charge on any atom is -0.465 e. The number of esters is 1. The number of fused-ring (bicyclic) bond motifs is 1. The first-order valence-electron chi connectivity index (χ1n) is 7.75. The third-order valence-corrected chi connectivity index (χ3v) is 5.76. The first kappa shape index (κ1) is 18.5. The van der Waals surface area contributed by atoms with Crippen molar-refractivity contribution in [1.82, 2.24) is 0 Å². The number of benzene rings is 1. The van der Waals surface area contributed by atoms with Crippen LogP contribution in [0.1, 0.15) is 33.6 Å². The lowest BCUT2D eigenvalue weighted by atomic mass is 9.95. The molecule has 0 atom stereocenters. The molecule has 132 valence electrons. The number of rotatable bonds is 3. The molecule has 0 saturated heterocycles. The van der Waals surface area contributed by atoms with E-state index in [1.807, 2.05) is 0 Å². The number of anilines is 2. The summed E-state index contributed by atoms with van der Waals surface area (Å²) in [5.74, 6) is -0.337. The molecule has 2 aromatic rings. The van der Waals surface area contributed by atoms with Crippen LogP contribution in [0.5, 0.6) is 0 Å². The van der Waals surface area contributed by atoms with E-state index in [4.69, 9.17) is 40.2 Å². The fourth-order valence-electron chi connectivity index (χ4n) is 2.86. The van der Waals surface area contributed by atoms with Crippen molar-refractivity contribution in [3.63, 3.8) is 0 Å². The highest BCUT2D eigenvalue weighted by atomic mass is 35.5. The van der Waals surface area contributed by atoms with E-state index in [1.54, 1.807) is 29.5 Å². The van der Waals surface area contributed by atoms with Gasteiger partial charge in [0.05, 0.1) is 12.7 Å². The van der Waals surface area contributed by atoms with Crippen LogP contribution in [-0.2, 0) is 17.6 Å². The highest BCUT2D eigenvalue weighted by Crippen LogP contribution is 2.38. The van der Waals surface area contributed by atoms with Crippen molar-refractivity contribution in [2.24, 2.45) is 0 Å². The Morgan fingerprint density at radius 2 is 1.84 bits per heavy atom. The van der Waals surface area contributed by atoms with Crippen molar-refractivity contribution in [3.05, 3.63) is 44.2 Å². The van der Waals surface area contributed by atoms with Crippen LogP contribution in [0.3, 0.4) is 0 Å². The zero-order valence-corrected chi connectivity index (χ0v) is 16.6. The molecule has 1 aromatic heterocycles. The van der Waals surface area contributed by atoms with Gasteiger partial charge in [0.2, 0.25) is 0 Å². The monoisotopic (exact) mass is 414 g/mol. The number of carbonyl (C=O) groups excluding carboxylic acids is 1. The van der Waals surface area contributed by atoms with Crippen molar-refractivity contribution in [2.75, 3.05) is 17.7 Å². The van der Waals surface area contributed by atoms with Gasteiger partial charge in [-0.05, 0) is 61.7 Å². The summed E-state index contributed by atoms with van der Waals surface area (Å²) in [5.41, 5.74) is 2.35. The van der Waals surface area contributed by atoms with Crippen LogP contribution in [-0.4, -0.2) is 18.2 Å². The van der Waals surface area contributed by atoms with Crippen molar-refractivity contribution in [1.29, 1.82) is 0 Å². The van der Waals surface area contributed by atoms with Crippen molar-refractivity contribution in [3.8, 4) is 0 Å². The minimum absolute atomic E-state index is 0.337. The third-order valence-electron chi connectivity index (χ3n) is 3.91. The summed E-state index contributed by atoms with van der Waals surface area (Å²) in [5, 5.41) is 8.27. The summed E-state index contributed by atoms with van der Waals surface area (Å²) in [7, 11) is 1.39. The molecule has 0 amide bonds. The average Bonchev–Trinajstić information content (AvgIpc) is 2.90. The lowest BCUT2D eigenvalue weighted by Crippen LogP contribution is -2.20. The zero-order chi connectivity index (χ0) is 18.0. The lowest BCUT2D eigenvalue weighted by Gasteiger charge is -2.13. The third kappa shape index (κ3) is 4.26. The molecular formula is C17H16Cl2N2O2S2. The van der Waals surface area contributed by atoms with Crippen molar-refractivity contribution in [2.45, 2.75) is 25.7 Å². The quantitative estimate of drug-likeness (QED) is 0.510. The van der Waals surface area contributed by atoms with Gasteiger partial charge >= 0.3 is 5.97 Å². The summed E-state index contributed by atoms with van der Waals surface area (Å²) in [6.07, 6.45) is 4.09. The first-order valence-corrected chi connectivity index (χ1v) is 9.73. The van der Waals surface area contributed by atoms with Crippen LogP contribution in [0.2, 0.25) is 10.0 Å². The van der Waals surface area contributed by atoms with Crippen LogP contribution in [0.15, 0.2) is 18.2 Å². The van der Waals surface area contributed by atoms with E-state index >= 15 is 0 Å². The normalized spacial score (nSPS) is 13.1. The molecule has 0 unspecified atom stereocenters. The number of thiophene rings is 1. The van der Waals surface area contributed by atoms with E-state index < -0.39 is 0 Å². The molecule has 0 aliphatic heterocycles. The second kappa shape index (κ2) is 7.91. The number of thiocarbonyl (C=S) groups is 1. The number of halogens is 2. The molecule has 2 N–H and O–H groups in total. The van der Waals surface area contributed by atoms with E-state index in [9.17, 15) is 4.79 Å². The fraction of sp³-hybridized carbons (Fsp3) is 0.294. The molecule has 1 heterocycles. The molecule has 1 aliphatic carbocycles. The van der Waals surface area contributed by atoms with Crippen LogP contribution in [0.25, 0.3) is 0 Å². The molecule has 4 nitrogen and oxygen atoms in total. The van der Waals surface area contributed by atoms with Gasteiger partial charge < -0.3 is 15.4 Å².